The smallest absolute Gasteiger partial charge is 0.357 e. The van der Waals surface area contributed by atoms with E-state index in [1.165, 1.54) is 0 Å². The molecule has 0 amide bonds. The summed E-state index contributed by atoms with van der Waals surface area (Å²) in [7, 11) is 0. The van der Waals surface area contributed by atoms with Crippen molar-refractivity contribution in [1.29, 1.82) is 0 Å². The van der Waals surface area contributed by atoms with E-state index in [1.807, 2.05) is 0 Å². The van der Waals surface area contributed by atoms with Crippen molar-refractivity contribution in [1.82, 2.24) is 9.97 Å². The molecule has 0 atom stereocenters. The third kappa shape index (κ3) is 3.54. The maximum atomic E-state index is 12.3. The summed E-state index contributed by atoms with van der Waals surface area (Å²) in [4.78, 5) is 20.8. The van der Waals surface area contributed by atoms with Crippen LogP contribution in [-0.2, 0) is 14.2 Å². The molecule has 124 valence electrons. The molecule has 0 N–H and O–H groups in total. The van der Waals surface area contributed by atoms with Crippen molar-refractivity contribution in [2.45, 2.75) is 38.9 Å². The van der Waals surface area contributed by atoms with E-state index in [0.717, 1.165) is 31.3 Å². The summed E-state index contributed by atoms with van der Waals surface area (Å²) in [6, 6.07) is 0. The van der Waals surface area contributed by atoms with Gasteiger partial charge in [-0.2, -0.15) is 0 Å². The lowest BCUT2D eigenvalue weighted by atomic mass is 9.93. The largest absolute Gasteiger partial charge is 0.461 e. The van der Waals surface area contributed by atoms with E-state index in [-0.39, 0.29) is 17.6 Å². The van der Waals surface area contributed by atoms with Gasteiger partial charge in [0.05, 0.1) is 31.1 Å². The number of halogens is 1. The fourth-order valence-corrected chi connectivity index (χ4v) is 3.01. The molecule has 0 spiro atoms. The molecule has 2 aliphatic rings. The van der Waals surface area contributed by atoms with E-state index < -0.39 is 12.3 Å². The fourth-order valence-electron chi connectivity index (χ4n) is 2.84. The number of allylic oxidation sites excluding steroid dienone is 2. The van der Waals surface area contributed by atoms with Gasteiger partial charge in [-0.3, -0.25) is 0 Å². The monoisotopic (exact) mass is 338 g/mol. The zero-order chi connectivity index (χ0) is 16.2. The molecule has 0 radical (unpaired) electrons. The highest BCUT2D eigenvalue weighted by Crippen LogP contribution is 2.36. The van der Waals surface area contributed by atoms with Crippen molar-refractivity contribution in [3.8, 4) is 0 Å². The first-order valence-electron chi connectivity index (χ1n) is 7.88. The predicted octanol–water partition coefficient (Wildman–Crippen LogP) is 3.31. The van der Waals surface area contributed by atoms with Crippen molar-refractivity contribution in [3.63, 3.8) is 0 Å². The van der Waals surface area contributed by atoms with E-state index in [2.05, 4.69) is 16.0 Å². The molecular weight excluding hydrogens is 320 g/mol. The summed E-state index contributed by atoms with van der Waals surface area (Å²) in [5.41, 5.74) is 2.35. The minimum Gasteiger partial charge on any atom is -0.461 e. The van der Waals surface area contributed by atoms with Gasteiger partial charge in [0.25, 0.3) is 0 Å². The molecule has 1 aliphatic carbocycles. The minimum atomic E-state index is -0.663. The molecule has 0 aromatic carbocycles. The maximum Gasteiger partial charge on any atom is 0.357 e. The minimum absolute atomic E-state index is 0.0243. The Morgan fingerprint density at radius 2 is 2.13 bits per heavy atom. The molecule has 1 aliphatic heterocycles. The number of hydrogen-bond donors (Lipinski definition) is 0. The van der Waals surface area contributed by atoms with E-state index in [4.69, 9.17) is 25.8 Å². The lowest BCUT2D eigenvalue weighted by molar-refractivity contribution is -0.0457. The topological polar surface area (TPSA) is 70.5 Å². The van der Waals surface area contributed by atoms with Crippen LogP contribution in [0.5, 0.6) is 0 Å². The zero-order valence-corrected chi connectivity index (χ0v) is 13.8. The molecule has 1 fully saturated rings. The van der Waals surface area contributed by atoms with Crippen LogP contribution < -0.4 is 0 Å². The number of carbonyl (C=O) groups excluding carboxylic acids is 1. The van der Waals surface area contributed by atoms with E-state index in [0.29, 0.717) is 24.5 Å². The summed E-state index contributed by atoms with van der Waals surface area (Å²) in [6.07, 6.45) is 5.57. The number of esters is 1. The Bertz CT molecular complexity index is 627. The second-order valence-electron chi connectivity index (χ2n) is 5.37. The summed E-state index contributed by atoms with van der Waals surface area (Å²) in [6.45, 7) is 2.93. The molecule has 2 heterocycles. The highest BCUT2D eigenvalue weighted by molar-refractivity contribution is 6.28. The molecule has 1 aromatic heterocycles. The molecule has 1 aromatic rings. The number of aromatic nitrogens is 2. The second kappa shape index (κ2) is 7.38. The quantitative estimate of drug-likeness (QED) is 0.619. The lowest BCUT2D eigenvalue weighted by Gasteiger charge is -2.20. The van der Waals surface area contributed by atoms with Crippen LogP contribution in [0.15, 0.2) is 6.08 Å². The molecule has 6 nitrogen and oxygen atoms in total. The number of hydrogen-bond acceptors (Lipinski definition) is 6. The molecule has 0 unspecified atom stereocenters. The van der Waals surface area contributed by atoms with Gasteiger partial charge in [0.1, 0.15) is 0 Å². The third-order valence-corrected chi connectivity index (χ3v) is 4.01. The SMILES string of the molecule is CCOC(=O)c1nc(Cl)nc(C2=CCCCC2)c1C1OCCO1. The Labute approximate surface area is 139 Å². The molecule has 3 rings (SSSR count). The van der Waals surface area contributed by atoms with E-state index >= 15 is 0 Å². The molecule has 0 saturated carbocycles. The van der Waals surface area contributed by atoms with Gasteiger partial charge in [-0.25, -0.2) is 14.8 Å². The number of carbonyl (C=O) groups is 1. The maximum absolute atomic E-state index is 12.3. The second-order valence-corrected chi connectivity index (χ2v) is 5.71. The van der Waals surface area contributed by atoms with Crippen molar-refractivity contribution in [2.75, 3.05) is 19.8 Å². The van der Waals surface area contributed by atoms with Gasteiger partial charge in [-0.15, -0.1) is 0 Å². The first-order chi connectivity index (χ1) is 11.2. The normalized spacial score (nSPS) is 18.8. The van der Waals surface area contributed by atoms with Crippen LogP contribution in [0.2, 0.25) is 5.28 Å². The molecule has 23 heavy (non-hydrogen) atoms. The standard InChI is InChI=1S/C16H19ClN2O4/c1-2-21-14(20)13-11(15-22-8-9-23-15)12(18-16(17)19-13)10-6-4-3-5-7-10/h6,15H,2-5,7-9H2,1H3. The van der Waals surface area contributed by atoms with Gasteiger partial charge in [-0.1, -0.05) is 6.08 Å². The first kappa shape index (κ1) is 16.4. The van der Waals surface area contributed by atoms with Crippen molar-refractivity contribution >= 4 is 23.1 Å². The van der Waals surface area contributed by atoms with Crippen LogP contribution in [0.3, 0.4) is 0 Å². The molecule has 1 saturated heterocycles. The molecular formula is C16H19ClN2O4. The van der Waals surface area contributed by atoms with Crippen LogP contribution >= 0.6 is 11.6 Å². The summed E-state index contributed by atoms with van der Waals surface area (Å²) in [5, 5.41) is 0.0243. The van der Waals surface area contributed by atoms with Crippen molar-refractivity contribution in [2.24, 2.45) is 0 Å². The number of ether oxygens (including phenoxy) is 3. The Hall–Kier alpha value is -1.50. The summed E-state index contributed by atoms with van der Waals surface area (Å²) in [5.74, 6) is -0.538. The van der Waals surface area contributed by atoms with Gasteiger partial charge in [-0.05, 0) is 49.8 Å². The predicted molar refractivity (Wildman–Crippen MR) is 84.1 cm³/mol. The van der Waals surface area contributed by atoms with Gasteiger partial charge in [0.15, 0.2) is 12.0 Å². The van der Waals surface area contributed by atoms with E-state index in [9.17, 15) is 4.79 Å². The van der Waals surface area contributed by atoms with Crippen LogP contribution in [0.25, 0.3) is 5.57 Å². The van der Waals surface area contributed by atoms with Crippen LogP contribution in [0.4, 0.5) is 0 Å². The summed E-state index contributed by atoms with van der Waals surface area (Å²) < 4.78 is 16.3. The lowest BCUT2D eigenvalue weighted by Crippen LogP contribution is -2.18. The number of rotatable bonds is 4. The third-order valence-electron chi connectivity index (χ3n) is 3.84. The highest BCUT2D eigenvalue weighted by Gasteiger charge is 2.32. The van der Waals surface area contributed by atoms with E-state index in [1.54, 1.807) is 6.92 Å². The first-order valence-corrected chi connectivity index (χ1v) is 8.25. The Kier molecular flexibility index (Phi) is 5.25. The Morgan fingerprint density at radius 1 is 1.35 bits per heavy atom. The molecule has 0 bridgehead atoms. The fraction of sp³-hybridized carbons (Fsp3) is 0.562. The van der Waals surface area contributed by atoms with Crippen LogP contribution in [-0.4, -0.2) is 35.8 Å². The van der Waals surface area contributed by atoms with Gasteiger partial charge >= 0.3 is 5.97 Å². The van der Waals surface area contributed by atoms with Gasteiger partial charge in [0, 0.05) is 0 Å². The number of nitrogens with zero attached hydrogens (tertiary/aromatic N) is 2. The molecule has 7 heteroatoms. The van der Waals surface area contributed by atoms with Crippen molar-refractivity contribution < 1.29 is 19.0 Å². The highest BCUT2D eigenvalue weighted by atomic mass is 35.5. The Balaban J connectivity index is 2.12. The van der Waals surface area contributed by atoms with Crippen LogP contribution in [0.1, 0.15) is 60.6 Å². The Morgan fingerprint density at radius 3 is 2.78 bits per heavy atom. The average Bonchev–Trinajstić information content (AvgIpc) is 3.09. The van der Waals surface area contributed by atoms with Crippen molar-refractivity contribution in [3.05, 3.63) is 28.3 Å². The van der Waals surface area contributed by atoms with Gasteiger partial charge in [0.2, 0.25) is 5.28 Å². The average molecular weight is 339 g/mol. The van der Waals surface area contributed by atoms with Gasteiger partial charge < -0.3 is 14.2 Å². The zero-order valence-electron chi connectivity index (χ0n) is 13.0. The summed E-state index contributed by atoms with van der Waals surface area (Å²) >= 11 is 6.05. The van der Waals surface area contributed by atoms with Crippen LogP contribution in [0, 0.1) is 0 Å².